The Kier molecular flexibility index (Phi) is 26.5. The molecule has 0 aromatic heterocycles. The molecule has 18 heavy (non-hydrogen) atoms. The third kappa shape index (κ3) is 20.4. The van der Waals surface area contributed by atoms with Gasteiger partial charge in [0.2, 0.25) is 0 Å². The van der Waals surface area contributed by atoms with E-state index in [0.717, 1.165) is 24.1 Å². The molecule has 0 heterocycles. The normalized spacial score (nSPS) is 7.83. The molecule has 0 aliphatic rings. The Bertz CT molecular complexity index is 282. The van der Waals surface area contributed by atoms with Crippen LogP contribution in [0.4, 0.5) is 4.79 Å². The number of rotatable bonds is 5. The van der Waals surface area contributed by atoms with Crippen LogP contribution in [0.25, 0.3) is 0 Å². The molecular weight excluding hydrogens is 354 g/mol. The quantitative estimate of drug-likeness (QED) is 0.296. The van der Waals surface area contributed by atoms with Crippen molar-refractivity contribution in [1.29, 1.82) is 0 Å². The van der Waals surface area contributed by atoms with Gasteiger partial charge in [0.05, 0.1) is 6.61 Å². The maximum Gasteiger partial charge on any atom is 1.00 e. The van der Waals surface area contributed by atoms with Gasteiger partial charge in [0.15, 0.2) is 0 Å². The van der Waals surface area contributed by atoms with Crippen molar-refractivity contribution in [3.8, 4) is 5.75 Å². The third-order valence-electron chi connectivity index (χ3n) is 1.54. The zero-order valence-corrected chi connectivity index (χ0v) is 18.6. The fourth-order valence-electron chi connectivity index (χ4n) is 0.903. The van der Waals surface area contributed by atoms with Gasteiger partial charge in [-0.25, -0.2) is 0 Å². The molecule has 1 aromatic carbocycles. The molecule has 0 aliphatic carbocycles. The van der Waals surface area contributed by atoms with Crippen molar-refractivity contribution in [2.24, 2.45) is 0 Å². The molecule has 90 valence electrons. The van der Waals surface area contributed by atoms with Crippen LogP contribution in [-0.2, 0) is 0 Å². The van der Waals surface area contributed by atoms with Gasteiger partial charge in [0, 0.05) is 5.33 Å². The summed E-state index contributed by atoms with van der Waals surface area (Å²) in [6.07, 6.45) is -0.0486. The number of hydrogen-bond acceptors (Lipinski definition) is 4. The molecule has 0 unspecified atom stereocenters. The van der Waals surface area contributed by atoms with Crippen molar-refractivity contribution in [3.63, 3.8) is 0 Å². The molecule has 1 aromatic rings. The number of unbranched alkanes of at least 4 members (excludes halogenated alkanes) is 1. The second kappa shape index (κ2) is 19.0. The van der Waals surface area contributed by atoms with E-state index in [0.29, 0.717) is 0 Å². The van der Waals surface area contributed by atoms with Gasteiger partial charge in [-0.2, -0.15) is 0 Å². The standard InChI is InChI=1S/C10H13BrO.CH2O3.2K/c11-8-4-5-9-12-10-6-2-1-3-7-10;2-1(3)4;;/h1-3,6-7H,4-5,8-9H2;(H2,2,3,4);;/q;;2*+1/p-2. The van der Waals surface area contributed by atoms with E-state index in [9.17, 15) is 0 Å². The van der Waals surface area contributed by atoms with Crippen molar-refractivity contribution >= 4 is 22.1 Å². The SMILES string of the molecule is BrCCCCOc1ccccc1.O=C([O-])[O-].[K+].[K+]. The topological polar surface area (TPSA) is 72.4 Å². The maximum absolute atomic E-state index is 8.33. The van der Waals surface area contributed by atoms with E-state index in [1.807, 2.05) is 30.3 Å². The molecule has 0 saturated carbocycles. The zero-order valence-electron chi connectivity index (χ0n) is 10.7. The monoisotopic (exact) mass is 366 g/mol. The minimum absolute atomic E-state index is 0. The fourth-order valence-corrected chi connectivity index (χ4v) is 1.30. The predicted molar refractivity (Wildman–Crippen MR) is 60.4 cm³/mol. The van der Waals surface area contributed by atoms with Crippen molar-refractivity contribution in [3.05, 3.63) is 30.3 Å². The van der Waals surface area contributed by atoms with E-state index in [1.54, 1.807) is 0 Å². The molecule has 0 spiro atoms. The second-order valence-corrected chi connectivity index (χ2v) is 3.60. The van der Waals surface area contributed by atoms with Gasteiger partial charge >= 0.3 is 103 Å². The molecule has 0 N–H and O–H groups in total. The molecule has 0 bridgehead atoms. The van der Waals surface area contributed by atoms with Crippen LogP contribution < -0.4 is 118 Å². The summed E-state index contributed by atoms with van der Waals surface area (Å²) < 4.78 is 5.49. The van der Waals surface area contributed by atoms with Crippen LogP contribution in [0.2, 0.25) is 0 Å². The molecule has 0 amide bonds. The summed E-state index contributed by atoms with van der Waals surface area (Å²) in [4.78, 5) is 8.33. The van der Waals surface area contributed by atoms with Crippen LogP contribution in [0.5, 0.6) is 5.75 Å². The van der Waals surface area contributed by atoms with Crippen molar-refractivity contribution in [2.75, 3.05) is 11.9 Å². The van der Waals surface area contributed by atoms with Gasteiger partial charge < -0.3 is 19.7 Å². The summed E-state index contributed by atoms with van der Waals surface area (Å²) in [7, 11) is 0. The Morgan fingerprint density at radius 3 is 2.06 bits per heavy atom. The fraction of sp³-hybridized carbons (Fsp3) is 0.364. The van der Waals surface area contributed by atoms with Gasteiger partial charge in [-0.05, 0) is 31.1 Å². The van der Waals surface area contributed by atoms with E-state index < -0.39 is 6.16 Å². The first-order chi connectivity index (χ1) is 7.66. The Balaban J connectivity index is -0.000000332. The largest absolute Gasteiger partial charge is 1.00 e. The van der Waals surface area contributed by atoms with Gasteiger partial charge in [0.25, 0.3) is 0 Å². The third-order valence-corrected chi connectivity index (χ3v) is 2.10. The molecule has 7 heteroatoms. The van der Waals surface area contributed by atoms with E-state index in [-0.39, 0.29) is 103 Å². The van der Waals surface area contributed by atoms with E-state index >= 15 is 0 Å². The molecule has 0 aliphatic heterocycles. The smallest absolute Gasteiger partial charge is 0.652 e. The summed E-state index contributed by atoms with van der Waals surface area (Å²) >= 11 is 3.38. The van der Waals surface area contributed by atoms with E-state index in [4.69, 9.17) is 19.7 Å². The van der Waals surface area contributed by atoms with E-state index in [1.165, 1.54) is 6.42 Å². The number of carbonyl (C=O) groups is 1. The molecule has 0 radical (unpaired) electrons. The van der Waals surface area contributed by atoms with Crippen LogP contribution in [0, 0.1) is 0 Å². The van der Waals surface area contributed by atoms with Gasteiger partial charge in [-0.15, -0.1) is 0 Å². The number of halogens is 1. The zero-order chi connectivity index (χ0) is 12.2. The number of alkyl halides is 1. The molecule has 0 saturated heterocycles. The number of benzene rings is 1. The van der Waals surface area contributed by atoms with Gasteiger partial charge in [-0.3, -0.25) is 0 Å². The van der Waals surface area contributed by atoms with Crippen LogP contribution in [-0.4, -0.2) is 18.1 Å². The number of ether oxygens (including phenoxy) is 1. The first-order valence-corrected chi connectivity index (χ1v) is 5.90. The second-order valence-electron chi connectivity index (χ2n) is 2.81. The number of para-hydroxylation sites is 1. The number of hydrogen-bond donors (Lipinski definition) is 0. The molecule has 1 rings (SSSR count). The van der Waals surface area contributed by atoms with Gasteiger partial charge in [-0.1, -0.05) is 34.1 Å². The molecule has 4 nitrogen and oxygen atoms in total. The van der Waals surface area contributed by atoms with Crippen LogP contribution >= 0.6 is 15.9 Å². The summed E-state index contributed by atoms with van der Waals surface area (Å²) in [5.41, 5.74) is 0. The Morgan fingerprint density at radius 2 is 1.61 bits per heavy atom. The molecular formula is C11H13BrK2O4. The molecule has 0 atom stereocenters. The number of carbonyl (C=O) groups excluding carboxylic acids is 1. The molecule has 0 fully saturated rings. The minimum Gasteiger partial charge on any atom is -0.652 e. The minimum atomic E-state index is -2.33. The summed E-state index contributed by atoms with van der Waals surface area (Å²) in [5.74, 6) is 0.965. The first kappa shape index (κ1) is 25.0. The van der Waals surface area contributed by atoms with E-state index in [2.05, 4.69) is 15.9 Å². The van der Waals surface area contributed by atoms with Crippen LogP contribution in [0.15, 0.2) is 30.3 Å². The van der Waals surface area contributed by atoms with Crippen LogP contribution in [0.1, 0.15) is 12.8 Å². The predicted octanol–water partition coefficient (Wildman–Crippen LogP) is -5.20. The van der Waals surface area contributed by atoms with Crippen molar-refractivity contribution in [2.45, 2.75) is 12.8 Å². The summed E-state index contributed by atoms with van der Waals surface area (Å²) in [6, 6.07) is 9.92. The number of carboxylic acid groups (broad SMARTS) is 2. The first-order valence-electron chi connectivity index (χ1n) is 4.78. The average molecular weight is 367 g/mol. The van der Waals surface area contributed by atoms with Crippen molar-refractivity contribution in [1.82, 2.24) is 0 Å². The Hall–Kier alpha value is 2.04. The maximum atomic E-state index is 8.33. The summed E-state index contributed by atoms with van der Waals surface area (Å²) in [5, 5.41) is 17.7. The summed E-state index contributed by atoms with van der Waals surface area (Å²) in [6.45, 7) is 0.815. The van der Waals surface area contributed by atoms with Crippen LogP contribution in [0.3, 0.4) is 0 Å². The Morgan fingerprint density at radius 1 is 1.11 bits per heavy atom. The average Bonchev–Trinajstić information content (AvgIpc) is 2.25. The van der Waals surface area contributed by atoms with Gasteiger partial charge in [0.1, 0.15) is 5.75 Å². The van der Waals surface area contributed by atoms with Crippen molar-refractivity contribution < 1.29 is 123 Å². The Labute approximate surface area is 201 Å².